The molecule has 2 atom stereocenters. The molecule has 2 aliphatic rings. The van der Waals surface area contributed by atoms with Crippen LogP contribution in [0.2, 0.25) is 0 Å². The highest BCUT2D eigenvalue weighted by Gasteiger charge is 2.39. The predicted octanol–water partition coefficient (Wildman–Crippen LogP) is 2.54. The Kier molecular flexibility index (Phi) is 3.95. The second-order valence-corrected chi connectivity index (χ2v) is 8.84. The second-order valence-electron chi connectivity index (χ2n) is 6.90. The van der Waals surface area contributed by atoms with Crippen molar-refractivity contribution in [3.63, 3.8) is 0 Å². The zero-order valence-electron chi connectivity index (χ0n) is 13.8. The van der Waals surface area contributed by atoms with E-state index in [1.165, 1.54) is 5.56 Å². The molecule has 4 rings (SSSR count). The van der Waals surface area contributed by atoms with E-state index in [2.05, 4.69) is 30.1 Å². The number of fused-ring (bicyclic) bond motifs is 3. The van der Waals surface area contributed by atoms with E-state index in [4.69, 9.17) is 0 Å². The van der Waals surface area contributed by atoms with E-state index in [1.807, 2.05) is 12.1 Å². The molecule has 24 heavy (non-hydrogen) atoms. The first kappa shape index (κ1) is 15.8. The summed E-state index contributed by atoms with van der Waals surface area (Å²) in [5.74, 6) is 0.763. The van der Waals surface area contributed by atoms with Crippen molar-refractivity contribution in [1.82, 2.24) is 9.21 Å². The third-order valence-electron chi connectivity index (χ3n) is 5.24. The van der Waals surface area contributed by atoms with Crippen LogP contribution in [-0.4, -0.2) is 44.3 Å². The Morgan fingerprint density at radius 1 is 0.917 bits per heavy atom. The van der Waals surface area contributed by atoms with Gasteiger partial charge in [0.2, 0.25) is 10.0 Å². The number of hydrogen-bond donors (Lipinski definition) is 0. The van der Waals surface area contributed by atoms with Crippen LogP contribution in [0, 0.1) is 5.92 Å². The van der Waals surface area contributed by atoms with E-state index >= 15 is 0 Å². The van der Waals surface area contributed by atoms with Gasteiger partial charge in [0.05, 0.1) is 4.90 Å². The average Bonchev–Trinajstić information content (AvgIpc) is 2.88. The van der Waals surface area contributed by atoms with Crippen LogP contribution in [0.4, 0.5) is 0 Å². The van der Waals surface area contributed by atoms with Gasteiger partial charge in [0.25, 0.3) is 0 Å². The fourth-order valence-electron chi connectivity index (χ4n) is 4.10. The first-order valence-electron chi connectivity index (χ1n) is 8.37. The summed E-state index contributed by atoms with van der Waals surface area (Å²) >= 11 is 0. The maximum atomic E-state index is 13.1. The molecule has 1 saturated heterocycles. The minimum absolute atomic E-state index is 0.345. The maximum Gasteiger partial charge on any atom is 0.243 e. The quantitative estimate of drug-likeness (QED) is 0.842. The third kappa shape index (κ3) is 2.66. The summed E-state index contributed by atoms with van der Waals surface area (Å²) in [5, 5.41) is 0. The van der Waals surface area contributed by atoms with Gasteiger partial charge in [-0.15, -0.1) is 0 Å². The standard InChI is InChI=1S/C19H22N2O2S/c1-20-11-16-13-21(24(22,23)17-8-3-2-4-9-17)12-15-7-5-6-10-18(15)19(16)14-20/h2-10,16,19H,11-14H2,1H3/t16-,19+/m1/s1. The number of sulfonamides is 1. The van der Waals surface area contributed by atoms with Crippen molar-refractivity contribution in [3.8, 4) is 0 Å². The Morgan fingerprint density at radius 2 is 1.62 bits per heavy atom. The Hall–Kier alpha value is -1.69. The molecule has 0 amide bonds. The Bertz CT molecular complexity index is 835. The molecule has 0 aromatic heterocycles. The lowest BCUT2D eigenvalue weighted by molar-refractivity contribution is 0.328. The monoisotopic (exact) mass is 342 g/mol. The molecular formula is C19H22N2O2S. The van der Waals surface area contributed by atoms with E-state index in [1.54, 1.807) is 28.6 Å². The summed E-state index contributed by atoms with van der Waals surface area (Å²) in [6.07, 6.45) is 0. The number of nitrogens with zero attached hydrogens (tertiary/aromatic N) is 2. The van der Waals surface area contributed by atoms with Crippen LogP contribution in [0.5, 0.6) is 0 Å². The molecule has 2 heterocycles. The minimum Gasteiger partial charge on any atom is -0.305 e. The number of rotatable bonds is 2. The molecule has 2 aliphatic heterocycles. The molecule has 0 bridgehead atoms. The summed E-state index contributed by atoms with van der Waals surface area (Å²) in [6, 6.07) is 17.1. The molecular weight excluding hydrogens is 320 g/mol. The van der Waals surface area contributed by atoms with Crippen LogP contribution >= 0.6 is 0 Å². The summed E-state index contributed by atoms with van der Waals surface area (Å²) in [6.45, 7) is 2.99. The van der Waals surface area contributed by atoms with Crippen LogP contribution in [0.25, 0.3) is 0 Å². The summed E-state index contributed by atoms with van der Waals surface area (Å²) < 4.78 is 27.9. The van der Waals surface area contributed by atoms with Crippen molar-refractivity contribution in [2.45, 2.75) is 17.4 Å². The zero-order chi connectivity index (χ0) is 16.7. The molecule has 2 aromatic rings. The minimum atomic E-state index is -3.47. The van der Waals surface area contributed by atoms with Crippen LogP contribution in [0.15, 0.2) is 59.5 Å². The fourth-order valence-corrected chi connectivity index (χ4v) is 5.60. The molecule has 5 heteroatoms. The van der Waals surface area contributed by atoms with Crippen LogP contribution in [0.1, 0.15) is 17.0 Å². The van der Waals surface area contributed by atoms with Crippen molar-refractivity contribution in [2.75, 3.05) is 26.7 Å². The summed E-state index contributed by atoms with van der Waals surface area (Å²) in [7, 11) is -1.35. The first-order valence-corrected chi connectivity index (χ1v) is 9.81. The van der Waals surface area contributed by atoms with E-state index in [-0.39, 0.29) is 0 Å². The molecule has 4 nitrogen and oxygen atoms in total. The number of likely N-dealkylation sites (N-methyl/N-ethyl adjacent to an activating group) is 1. The van der Waals surface area contributed by atoms with Crippen molar-refractivity contribution in [2.24, 2.45) is 5.92 Å². The molecule has 0 radical (unpaired) electrons. The Balaban J connectivity index is 1.77. The lowest BCUT2D eigenvalue weighted by atomic mass is 9.87. The van der Waals surface area contributed by atoms with Crippen LogP contribution in [-0.2, 0) is 16.6 Å². The molecule has 0 spiro atoms. The summed E-state index contributed by atoms with van der Waals surface area (Å²) in [5.41, 5.74) is 2.46. The highest BCUT2D eigenvalue weighted by molar-refractivity contribution is 7.89. The lowest BCUT2D eigenvalue weighted by Gasteiger charge is -2.24. The van der Waals surface area contributed by atoms with E-state index in [9.17, 15) is 8.42 Å². The molecule has 0 aliphatic carbocycles. The molecule has 0 unspecified atom stereocenters. The maximum absolute atomic E-state index is 13.1. The van der Waals surface area contributed by atoms with Gasteiger partial charge in [-0.3, -0.25) is 0 Å². The smallest absolute Gasteiger partial charge is 0.243 e. The second kappa shape index (κ2) is 5.99. The Labute approximate surface area is 143 Å². The Morgan fingerprint density at radius 3 is 2.42 bits per heavy atom. The first-order chi connectivity index (χ1) is 11.6. The van der Waals surface area contributed by atoms with Gasteiger partial charge in [-0.1, -0.05) is 42.5 Å². The number of likely N-dealkylation sites (tertiary alicyclic amines) is 1. The normalized spacial score (nSPS) is 25.0. The molecule has 2 aromatic carbocycles. The third-order valence-corrected chi connectivity index (χ3v) is 7.07. The topological polar surface area (TPSA) is 40.6 Å². The summed E-state index contributed by atoms with van der Waals surface area (Å²) in [4.78, 5) is 2.69. The number of hydrogen-bond acceptors (Lipinski definition) is 3. The predicted molar refractivity (Wildman–Crippen MR) is 94.2 cm³/mol. The highest BCUT2D eigenvalue weighted by Crippen LogP contribution is 2.38. The van der Waals surface area contributed by atoms with Gasteiger partial charge in [0.15, 0.2) is 0 Å². The van der Waals surface area contributed by atoms with Crippen molar-refractivity contribution >= 4 is 10.0 Å². The van der Waals surface area contributed by atoms with Gasteiger partial charge in [0, 0.05) is 32.1 Å². The van der Waals surface area contributed by atoms with Gasteiger partial charge in [-0.05, 0) is 36.2 Å². The van der Waals surface area contributed by atoms with Crippen LogP contribution in [0.3, 0.4) is 0 Å². The average molecular weight is 342 g/mol. The van der Waals surface area contributed by atoms with Gasteiger partial charge >= 0.3 is 0 Å². The van der Waals surface area contributed by atoms with Crippen molar-refractivity contribution in [3.05, 3.63) is 65.7 Å². The van der Waals surface area contributed by atoms with Gasteiger partial charge in [-0.25, -0.2) is 8.42 Å². The van der Waals surface area contributed by atoms with Gasteiger partial charge in [0.1, 0.15) is 0 Å². The van der Waals surface area contributed by atoms with E-state index in [0.717, 1.165) is 18.7 Å². The lowest BCUT2D eigenvalue weighted by Crippen LogP contribution is -2.35. The zero-order valence-corrected chi connectivity index (χ0v) is 14.6. The van der Waals surface area contributed by atoms with Crippen molar-refractivity contribution < 1.29 is 8.42 Å². The van der Waals surface area contributed by atoms with Gasteiger partial charge < -0.3 is 4.90 Å². The largest absolute Gasteiger partial charge is 0.305 e. The van der Waals surface area contributed by atoms with E-state index < -0.39 is 10.0 Å². The fraction of sp³-hybridized carbons (Fsp3) is 0.368. The van der Waals surface area contributed by atoms with Gasteiger partial charge in [-0.2, -0.15) is 4.31 Å². The molecule has 1 fully saturated rings. The van der Waals surface area contributed by atoms with Crippen LogP contribution < -0.4 is 0 Å². The highest BCUT2D eigenvalue weighted by atomic mass is 32.2. The van der Waals surface area contributed by atoms with Crippen molar-refractivity contribution in [1.29, 1.82) is 0 Å². The SMILES string of the molecule is CN1C[C@@H]2CN(S(=O)(=O)c3ccccc3)Cc3ccccc3[C@H]2C1. The molecule has 0 saturated carbocycles. The number of benzene rings is 2. The molecule has 0 N–H and O–H groups in total. The molecule has 126 valence electrons. The van der Waals surface area contributed by atoms with E-state index in [0.29, 0.717) is 29.8 Å².